The third kappa shape index (κ3) is 5.69. The normalized spacial score (nSPS) is 11.8. The van der Waals surface area contributed by atoms with Crippen LogP contribution in [0.25, 0.3) is 10.8 Å². The summed E-state index contributed by atoms with van der Waals surface area (Å²) in [4.78, 5) is 27.3. The standard InChI is InChI=1S/C26H29FN2O2/c1-3-17-28-26(31)19(2)29(18-22-10-5-7-14-24(22)27)25(30)16-15-21-12-8-11-20-9-4-6-13-23(20)21/h4-14,19H,3,15-18H2,1-2H3,(H,28,31)/t19-/m0/s1. The summed E-state index contributed by atoms with van der Waals surface area (Å²) in [6.07, 6.45) is 1.60. The molecule has 4 nitrogen and oxygen atoms in total. The molecular formula is C26H29FN2O2. The molecule has 0 aliphatic carbocycles. The molecule has 3 rings (SSSR count). The van der Waals surface area contributed by atoms with Gasteiger partial charge in [-0.3, -0.25) is 9.59 Å². The lowest BCUT2D eigenvalue weighted by atomic mass is 10.0. The van der Waals surface area contributed by atoms with Gasteiger partial charge in [-0.1, -0.05) is 67.6 Å². The van der Waals surface area contributed by atoms with Crippen LogP contribution in [0.15, 0.2) is 66.7 Å². The Kier molecular flexibility index (Phi) is 7.76. The zero-order valence-corrected chi connectivity index (χ0v) is 18.1. The van der Waals surface area contributed by atoms with Crippen LogP contribution in [0, 0.1) is 5.82 Å². The van der Waals surface area contributed by atoms with Crippen molar-refractivity contribution in [3.8, 4) is 0 Å². The SMILES string of the molecule is CCCNC(=O)[C@H](C)N(Cc1ccccc1F)C(=O)CCc1cccc2ccccc12. The van der Waals surface area contributed by atoms with Gasteiger partial charge in [0.1, 0.15) is 11.9 Å². The maximum absolute atomic E-state index is 14.3. The summed E-state index contributed by atoms with van der Waals surface area (Å²) in [7, 11) is 0. The molecule has 0 saturated heterocycles. The van der Waals surface area contributed by atoms with Crippen molar-refractivity contribution in [3.63, 3.8) is 0 Å². The molecule has 1 atom stereocenters. The van der Waals surface area contributed by atoms with E-state index in [0.29, 0.717) is 18.5 Å². The number of hydrogen-bond donors (Lipinski definition) is 1. The van der Waals surface area contributed by atoms with Crippen molar-refractivity contribution in [1.82, 2.24) is 10.2 Å². The monoisotopic (exact) mass is 420 g/mol. The Labute approximate surface area is 183 Å². The van der Waals surface area contributed by atoms with Gasteiger partial charge in [0.25, 0.3) is 0 Å². The summed E-state index contributed by atoms with van der Waals surface area (Å²) in [5.41, 5.74) is 1.48. The van der Waals surface area contributed by atoms with E-state index in [1.165, 1.54) is 11.0 Å². The van der Waals surface area contributed by atoms with E-state index >= 15 is 0 Å². The van der Waals surface area contributed by atoms with Crippen LogP contribution in [-0.2, 0) is 22.6 Å². The second-order valence-corrected chi connectivity index (χ2v) is 7.72. The lowest BCUT2D eigenvalue weighted by Crippen LogP contribution is -2.47. The molecule has 5 heteroatoms. The van der Waals surface area contributed by atoms with Gasteiger partial charge < -0.3 is 10.2 Å². The highest BCUT2D eigenvalue weighted by atomic mass is 19.1. The molecule has 1 N–H and O–H groups in total. The van der Waals surface area contributed by atoms with Gasteiger partial charge in [0, 0.05) is 25.1 Å². The topological polar surface area (TPSA) is 49.4 Å². The summed E-state index contributed by atoms with van der Waals surface area (Å²) in [6.45, 7) is 4.27. The molecule has 0 aromatic heterocycles. The summed E-state index contributed by atoms with van der Waals surface area (Å²) >= 11 is 0. The van der Waals surface area contributed by atoms with Crippen molar-refractivity contribution in [3.05, 3.63) is 83.7 Å². The number of nitrogens with one attached hydrogen (secondary N) is 1. The molecule has 0 bridgehead atoms. The molecule has 3 aromatic rings. The number of halogens is 1. The smallest absolute Gasteiger partial charge is 0.242 e. The molecule has 0 aliphatic rings. The Morgan fingerprint density at radius 1 is 0.968 bits per heavy atom. The predicted octanol–water partition coefficient (Wildman–Crippen LogP) is 4.86. The molecule has 3 aromatic carbocycles. The third-order valence-electron chi connectivity index (χ3n) is 5.50. The zero-order chi connectivity index (χ0) is 22.2. The molecule has 0 saturated carbocycles. The van der Waals surface area contributed by atoms with Crippen LogP contribution in [0.2, 0.25) is 0 Å². The number of carbonyl (C=O) groups excluding carboxylic acids is 2. The molecule has 0 aliphatic heterocycles. The number of fused-ring (bicyclic) bond motifs is 1. The van der Waals surface area contributed by atoms with E-state index in [1.807, 2.05) is 49.4 Å². The first-order valence-electron chi connectivity index (χ1n) is 10.8. The molecular weight excluding hydrogens is 391 g/mol. The van der Waals surface area contributed by atoms with Gasteiger partial charge in [0.05, 0.1) is 0 Å². The van der Waals surface area contributed by atoms with Crippen molar-refractivity contribution in [1.29, 1.82) is 0 Å². The predicted molar refractivity (Wildman–Crippen MR) is 122 cm³/mol. The van der Waals surface area contributed by atoms with Gasteiger partial charge in [-0.25, -0.2) is 4.39 Å². The van der Waals surface area contributed by atoms with E-state index < -0.39 is 6.04 Å². The van der Waals surface area contributed by atoms with E-state index in [0.717, 1.165) is 22.8 Å². The number of aryl methyl sites for hydroxylation is 1. The molecule has 162 valence electrons. The van der Waals surface area contributed by atoms with E-state index in [9.17, 15) is 14.0 Å². The second kappa shape index (κ2) is 10.7. The van der Waals surface area contributed by atoms with Crippen LogP contribution >= 0.6 is 0 Å². The summed E-state index contributed by atoms with van der Waals surface area (Å²) in [5, 5.41) is 5.08. The molecule has 0 radical (unpaired) electrons. The van der Waals surface area contributed by atoms with Gasteiger partial charge in [0.2, 0.25) is 11.8 Å². The average molecular weight is 421 g/mol. The average Bonchev–Trinajstić information content (AvgIpc) is 2.80. The summed E-state index contributed by atoms with van der Waals surface area (Å²) in [6, 6.07) is 19.8. The van der Waals surface area contributed by atoms with Gasteiger partial charge in [0.15, 0.2) is 0 Å². The lowest BCUT2D eigenvalue weighted by Gasteiger charge is -2.29. The third-order valence-corrected chi connectivity index (χ3v) is 5.50. The largest absolute Gasteiger partial charge is 0.354 e. The molecule has 0 heterocycles. The van der Waals surface area contributed by atoms with Gasteiger partial charge in [-0.2, -0.15) is 0 Å². The van der Waals surface area contributed by atoms with Crippen molar-refractivity contribution in [2.24, 2.45) is 0 Å². The highest BCUT2D eigenvalue weighted by Crippen LogP contribution is 2.21. The minimum atomic E-state index is -0.689. The zero-order valence-electron chi connectivity index (χ0n) is 18.1. The highest BCUT2D eigenvalue weighted by Gasteiger charge is 2.26. The number of nitrogens with zero attached hydrogens (tertiary/aromatic N) is 1. The van der Waals surface area contributed by atoms with Crippen LogP contribution < -0.4 is 5.32 Å². The number of carbonyl (C=O) groups is 2. The number of benzene rings is 3. The molecule has 0 spiro atoms. The van der Waals surface area contributed by atoms with Crippen LogP contribution in [0.5, 0.6) is 0 Å². The van der Waals surface area contributed by atoms with Gasteiger partial charge in [-0.05, 0) is 42.2 Å². The fourth-order valence-corrected chi connectivity index (χ4v) is 3.68. The minimum Gasteiger partial charge on any atom is -0.354 e. The molecule has 2 amide bonds. The van der Waals surface area contributed by atoms with E-state index in [2.05, 4.69) is 5.32 Å². The Morgan fingerprint density at radius 3 is 2.42 bits per heavy atom. The van der Waals surface area contributed by atoms with E-state index in [-0.39, 0.29) is 30.6 Å². The first-order chi connectivity index (χ1) is 15.0. The first kappa shape index (κ1) is 22.5. The quantitative estimate of drug-likeness (QED) is 0.538. The van der Waals surface area contributed by atoms with Crippen LogP contribution in [0.1, 0.15) is 37.8 Å². The van der Waals surface area contributed by atoms with Crippen LogP contribution in [0.4, 0.5) is 4.39 Å². The number of rotatable bonds is 9. The Morgan fingerprint density at radius 2 is 1.65 bits per heavy atom. The molecule has 0 unspecified atom stereocenters. The van der Waals surface area contributed by atoms with Crippen molar-refractivity contribution < 1.29 is 14.0 Å². The first-order valence-corrected chi connectivity index (χ1v) is 10.8. The minimum absolute atomic E-state index is 0.0573. The maximum atomic E-state index is 14.3. The Bertz CT molecular complexity index is 1050. The van der Waals surface area contributed by atoms with E-state index in [1.54, 1.807) is 25.1 Å². The molecule has 0 fully saturated rings. The van der Waals surface area contributed by atoms with Gasteiger partial charge >= 0.3 is 0 Å². The van der Waals surface area contributed by atoms with Crippen LogP contribution in [0.3, 0.4) is 0 Å². The highest BCUT2D eigenvalue weighted by molar-refractivity contribution is 5.88. The maximum Gasteiger partial charge on any atom is 0.242 e. The fourth-order valence-electron chi connectivity index (χ4n) is 3.68. The Hall–Kier alpha value is -3.21. The molecule has 31 heavy (non-hydrogen) atoms. The van der Waals surface area contributed by atoms with Crippen LogP contribution in [-0.4, -0.2) is 29.3 Å². The number of hydrogen-bond acceptors (Lipinski definition) is 2. The van der Waals surface area contributed by atoms with Crippen molar-refractivity contribution in [2.45, 2.75) is 45.7 Å². The van der Waals surface area contributed by atoms with E-state index in [4.69, 9.17) is 0 Å². The van der Waals surface area contributed by atoms with Crippen molar-refractivity contribution in [2.75, 3.05) is 6.54 Å². The fraction of sp³-hybridized carbons (Fsp3) is 0.308. The second-order valence-electron chi connectivity index (χ2n) is 7.72. The number of amides is 2. The van der Waals surface area contributed by atoms with Crippen molar-refractivity contribution >= 4 is 22.6 Å². The lowest BCUT2D eigenvalue weighted by molar-refractivity contribution is -0.140. The Balaban J connectivity index is 1.79. The summed E-state index contributed by atoms with van der Waals surface area (Å²) in [5.74, 6) is -0.775. The van der Waals surface area contributed by atoms with Gasteiger partial charge in [-0.15, -0.1) is 0 Å². The summed E-state index contributed by atoms with van der Waals surface area (Å²) < 4.78 is 14.3.